The number of aryl methyl sites for hydroxylation is 1. The van der Waals surface area contributed by atoms with Crippen molar-refractivity contribution in [2.24, 2.45) is 0 Å². The number of aromatic nitrogens is 2. The van der Waals surface area contributed by atoms with Gasteiger partial charge in [-0.2, -0.15) is 0 Å². The fourth-order valence-corrected chi connectivity index (χ4v) is 3.81. The highest BCUT2D eigenvalue weighted by molar-refractivity contribution is 6.17. The van der Waals surface area contributed by atoms with Gasteiger partial charge in [0.2, 0.25) is 0 Å². The summed E-state index contributed by atoms with van der Waals surface area (Å²) in [6.45, 7) is 1.15. The van der Waals surface area contributed by atoms with Crippen molar-refractivity contribution in [2.75, 3.05) is 17.3 Å². The van der Waals surface area contributed by atoms with Gasteiger partial charge >= 0.3 is 0 Å². The Labute approximate surface area is 126 Å². The number of halogens is 1. The van der Waals surface area contributed by atoms with E-state index in [2.05, 4.69) is 14.9 Å². The van der Waals surface area contributed by atoms with Crippen LogP contribution >= 0.6 is 11.6 Å². The summed E-state index contributed by atoms with van der Waals surface area (Å²) in [7, 11) is 0. The molecule has 3 nitrogen and oxygen atoms in total. The summed E-state index contributed by atoms with van der Waals surface area (Å²) in [4.78, 5) is 11.7. The van der Waals surface area contributed by atoms with Crippen LogP contribution in [0.15, 0.2) is 6.33 Å². The summed E-state index contributed by atoms with van der Waals surface area (Å²) in [6, 6.07) is 0.635. The Morgan fingerprint density at radius 1 is 1.15 bits per heavy atom. The van der Waals surface area contributed by atoms with E-state index in [9.17, 15) is 0 Å². The summed E-state index contributed by atoms with van der Waals surface area (Å²) < 4.78 is 0. The molecular formula is C16H24ClN3. The predicted molar refractivity (Wildman–Crippen MR) is 83.6 cm³/mol. The molecule has 1 aromatic rings. The van der Waals surface area contributed by atoms with Gasteiger partial charge in [0.1, 0.15) is 12.1 Å². The number of rotatable bonds is 4. The maximum atomic E-state index is 5.87. The van der Waals surface area contributed by atoms with Gasteiger partial charge in [0.15, 0.2) is 0 Å². The van der Waals surface area contributed by atoms with Crippen molar-refractivity contribution < 1.29 is 0 Å². The Bertz CT molecular complexity index is 449. The third-order valence-corrected chi connectivity index (χ3v) is 4.94. The largest absolute Gasteiger partial charge is 0.353 e. The van der Waals surface area contributed by atoms with Crippen molar-refractivity contribution in [3.05, 3.63) is 17.6 Å². The molecule has 4 heteroatoms. The highest BCUT2D eigenvalue weighted by Crippen LogP contribution is 2.32. The van der Waals surface area contributed by atoms with E-state index in [0.717, 1.165) is 31.7 Å². The number of hydrogen-bond donors (Lipinski definition) is 0. The van der Waals surface area contributed by atoms with Crippen LogP contribution in [0.2, 0.25) is 0 Å². The fraction of sp³-hybridized carbons (Fsp3) is 0.750. The minimum Gasteiger partial charge on any atom is -0.353 e. The lowest BCUT2D eigenvalue weighted by Gasteiger charge is -2.28. The van der Waals surface area contributed by atoms with Gasteiger partial charge in [0.05, 0.1) is 0 Å². The Hall–Kier alpha value is -0.830. The minimum atomic E-state index is 0.635. The minimum absolute atomic E-state index is 0.635. The SMILES string of the molecule is ClCCCC1CCCN1c1ncnc2c1CCCCC2. The molecule has 0 aromatic carbocycles. The molecule has 0 N–H and O–H groups in total. The molecule has 2 heterocycles. The van der Waals surface area contributed by atoms with Gasteiger partial charge in [0, 0.05) is 29.7 Å². The number of alkyl halides is 1. The van der Waals surface area contributed by atoms with Crippen LogP contribution in [0.5, 0.6) is 0 Å². The monoisotopic (exact) mass is 293 g/mol. The van der Waals surface area contributed by atoms with Crippen LogP contribution in [0.25, 0.3) is 0 Å². The van der Waals surface area contributed by atoms with Crippen LogP contribution in [0.4, 0.5) is 5.82 Å². The Morgan fingerprint density at radius 2 is 2.05 bits per heavy atom. The number of anilines is 1. The first-order valence-corrected chi connectivity index (χ1v) is 8.59. The molecule has 0 bridgehead atoms. The van der Waals surface area contributed by atoms with Gasteiger partial charge in [-0.25, -0.2) is 9.97 Å². The van der Waals surface area contributed by atoms with Gasteiger partial charge in [-0.05, 0) is 51.4 Å². The average Bonchev–Trinajstić information content (AvgIpc) is 2.80. The molecule has 2 aliphatic rings. The fourth-order valence-electron chi connectivity index (χ4n) is 3.66. The van der Waals surface area contributed by atoms with E-state index in [4.69, 9.17) is 11.6 Å². The third-order valence-electron chi connectivity index (χ3n) is 4.67. The van der Waals surface area contributed by atoms with Crippen molar-refractivity contribution in [2.45, 2.75) is 63.8 Å². The predicted octanol–water partition coefficient (Wildman–Crippen LogP) is 3.73. The van der Waals surface area contributed by atoms with Crippen LogP contribution in [-0.2, 0) is 12.8 Å². The van der Waals surface area contributed by atoms with Gasteiger partial charge in [-0.1, -0.05) is 6.42 Å². The molecule has 1 aliphatic carbocycles. The summed E-state index contributed by atoms with van der Waals surface area (Å²) in [5.74, 6) is 2.00. The molecule has 1 unspecified atom stereocenters. The first-order chi connectivity index (χ1) is 9.90. The molecule has 0 amide bonds. The second-order valence-corrected chi connectivity index (χ2v) is 6.38. The standard InChI is InChI=1S/C16H24ClN3/c17-10-4-6-13-7-5-11-20(13)16-14-8-2-1-3-9-15(14)18-12-19-16/h12-13H,1-11H2. The molecule has 1 atom stereocenters. The Balaban J connectivity index is 1.85. The van der Waals surface area contributed by atoms with Gasteiger partial charge in [-0.3, -0.25) is 0 Å². The summed E-state index contributed by atoms with van der Waals surface area (Å²) in [5, 5.41) is 0. The first kappa shape index (κ1) is 14.1. The molecule has 110 valence electrons. The van der Waals surface area contributed by atoms with E-state index in [-0.39, 0.29) is 0 Å². The lowest BCUT2D eigenvalue weighted by molar-refractivity contribution is 0.595. The second kappa shape index (κ2) is 6.75. The topological polar surface area (TPSA) is 29.0 Å². The van der Waals surface area contributed by atoms with Crippen molar-refractivity contribution in [1.82, 2.24) is 9.97 Å². The van der Waals surface area contributed by atoms with Crippen LogP contribution < -0.4 is 4.90 Å². The third kappa shape index (κ3) is 2.93. The van der Waals surface area contributed by atoms with Gasteiger partial charge < -0.3 is 4.90 Å². The summed E-state index contributed by atoms with van der Waals surface area (Å²) in [5.41, 5.74) is 2.73. The summed E-state index contributed by atoms with van der Waals surface area (Å²) in [6.07, 6.45) is 12.8. The van der Waals surface area contributed by atoms with Crippen LogP contribution in [0.3, 0.4) is 0 Å². The van der Waals surface area contributed by atoms with Crippen LogP contribution in [0.1, 0.15) is 56.2 Å². The number of nitrogens with zero attached hydrogens (tertiary/aromatic N) is 3. The maximum Gasteiger partial charge on any atom is 0.135 e. The zero-order valence-corrected chi connectivity index (χ0v) is 12.9. The second-order valence-electron chi connectivity index (χ2n) is 6.00. The van der Waals surface area contributed by atoms with Gasteiger partial charge in [0.25, 0.3) is 0 Å². The first-order valence-electron chi connectivity index (χ1n) is 8.05. The maximum absolute atomic E-state index is 5.87. The van der Waals surface area contributed by atoms with E-state index in [0.29, 0.717) is 6.04 Å². The van der Waals surface area contributed by atoms with Crippen molar-refractivity contribution in [1.29, 1.82) is 0 Å². The van der Waals surface area contributed by atoms with Crippen LogP contribution in [0, 0.1) is 0 Å². The van der Waals surface area contributed by atoms with Crippen molar-refractivity contribution >= 4 is 17.4 Å². The highest BCUT2D eigenvalue weighted by atomic mass is 35.5. The zero-order valence-electron chi connectivity index (χ0n) is 12.2. The van der Waals surface area contributed by atoms with Crippen molar-refractivity contribution in [3.63, 3.8) is 0 Å². The van der Waals surface area contributed by atoms with Crippen LogP contribution in [-0.4, -0.2) is 28.4 Å². The lowest BCUT2D eigenvalue weighted by atomic mass is 10.1. The molecule has 1 saturated heterocycles. The normalized spacial score (nSPS) is 22.6. The van der Waals surface area contributed by atoms with Crippen molar-refractivity contribution in [3.8, 4) is 0 Å². The van der Waals surface area contributed by atoms with E-state index < -0.39 is 0 Å². The Kier molecular flexibility index (Phi) is 4.77. The molecule has 1 aliphatic heterocycles. The molecule has 0 saturated carbocycles. The van der Waals surface area contributed by atoms with E-state index >= 15 is 0 Å². The van der Waals surface area contributed by atoms with E-state index in [1.165, 1.54) is 55.6 Å². The lowest BCUT2D eigenvalue weighted by Crippen LogP contribution is -2.31. The summed E-state index contributed by atoms with van der Waals surface area (Å²) >= 11 is 5.87. The number of fused-ring (bicyclic) bond motifs is 1. The van der Waals surface area contributed by atoms with E-state index in [1.54, 1.807) is 6.33 Å². The molecule has 0 radical (unpaired) electrons. The molecule has 0 spiro atoms. The zero-order chi connectivity index (χ0) is 13.8. The smallest absolute Gasteiger partial charge is 0.135 e. The van der Waals surface area contributed by atoms with Gasteiger partial charge in [-0.15, -0.1) is 11.6 Å². The number of hydrogen-bond acceptors (Lipinski definition) is 3. The highest BCUT2D eigenvalue weighted by Gasteiger charge is 2.28. The Morgan fingerprint density at radius 3 is 2.95 bits per heavy atom. The molecule has 1 fully saturated rings. The molecular weight excluding hydrogens is 270 g/mol. The molecule has 1 aromatic heterocycles. The molecule has 3 rings (SSSR count). The average molecular weight is 294 g/mol. The van der Waals surface area contributed by atoms with E-state index in [1.807, 2.05) is 0 Å². The molecule has 20 heavy (non-hydrogen) atoms. The quantitative estimate of drug-likeness (QED) is 0.625.